The molecule has 0 spiro atoms. The van der Waals surface area contributed by atoms with Gasteiger partial charge in [-0.05, 0) is 46.8 Å². The van der Waals surface area contributed by atoms with Crippen molar-refractivity contribution in [3.63, 3.8) is 0 Å². The fourth-order valence-corrected chi connectivity index (χ4v) is 1.75. The third-order valence-electron chi connectivity index (χ3n) is 1.99. The Hall–Kier alpha value is -0.570. The monoisotopic (exact) mass is 256 g/mol. The van der Waals surface area contributed by atoms with Gasteiger partial charge in [-0.25, -0.2) is 4.98 Å². The van der Waals surface area contributed by atoms with E-state index >= 15 is 0 Å². The number of halogens is 1. The summed E-state index contributed by atoms with van der Waals surface area (Å²) in [6.07, 6.45) is 3.05. The fourth-order valence-electron chi connectivity index (χ4n) is 1.14. The summed E-state index contributed by atoms with van der Waals surface area (Å²) >= 11 is 3.49. The molecule has 0 saturated heterocycles. The lowest BCUT2D eigenvalue weighted by atomic mass is 10.1. The molecule has 0 amide bonds. The quantitative estimate of drug-likeness (QED) is 0.891. The predicted octanol–water partition coefficient (Wildman–Crippen LogP) is 3.61. The highest BCUT2D eigenvalue weighted by atomic mass is 79.9. The van der Waals surface area contributed by atoms with Crippen LogP contribution < -0.4 is 5.32 Å². The van der Waals surface area contributed by atoms with E-state index in [9.17, 15) is 0 Å². The van der Waals surface area contributed by atoms with Crippen LogP contribution in [0.15, 0.2) is 16.7 Å². The molecule has 0 unspecified atom stereocenters. The van der Waals surface area contributed by atoms with E-state index in [1.165, 1.54) is 12.0 Å². The summed E-state index contributed by atoms with van der Waals surface area (Å²) in [5, 5.41) is 3.31. The number of rotatable bonds is 4. The molecule has 0 bridgehead atoms. The molecular weight excluding hydrogens is 240 g/mol. The van der Waals surface area contributed by atoms with E-state index in [0.717, 1.165) is 22.8 Å². The minimum atomic E-state index is 0.728. The maximum Gasteiger partial charge on any atom is 0.140 e. The van der Waals surface area contributed by atoms with E-state index in [2.05, 4.69) is 46.1 Å². The van der Waals surface area contributed by atoms with Gasteiger partial charge in [0.1, 0.15) is 5.82 Å². The first-order chi connectivity index (χ1) is 6.59. The maximum atomic E-state index is 4.32. The minimum absolute atomic E-state index is 0.728. The van der Waals surface area contributed by atoms with Gasteiger partial charge in [-0.15, -0.1) is 0 Å². The van der Waals surface area contributed by atoms with Crippen molar-refractivity contribution in [3.8, 4) is 0 Å². The van der Waals surface area contributed by atoms with Crippen LogP contribution in [0.5, 0.6) is 0 Å². The number of hydrogen-bond donors (Lipinski definition) is 1. The first-order valence-electron chi connectivity index (χ1n) is 4.95. The zero-order valence-electron chi connectivity index (χ0n) is 8.97. The van der Waals surface area contributed by atoms with Gasteiger partial charge >= 0.3 is 0 Å². The SMILES string of the molecule is Cc1cnc(NCCC(C)C)c(Br)c1. The van der Waals surface area contributed by atoms with Crippen molar-refractivity contribution in [1.29, 1.82) is 0 Å². The zero-order valence-corrected chi connectivity index (χ0v) is 10.6. The molecule has 0 saturated carbocycles. The Balaban J connectivity index is 2.51. The van der Waals surface area contributed by atoms with Gasteiger partial charge in [-0.2, -0.15) is 0 Å². The molecule has 1 rings (SSSR count). The highest BCUT2D eigenvalue weighted by Gasteiger charge is 2.01. The van der Waals surface area contributed by atoms with Crippen LogP contribution >= 0.6 is 15.9 Å². The van der Waals surface area contributed by atoms with Gasteiger partial charge in [0.05, 0.1) is 4.47 Å². The normalized spacial score (nSPS) is 10.6. The topological polar surface area (TPSA) is 24.9 Å². The number of hydrogen-bond acceptors (Lipinski definition) is 2. The van der Waals surface area contributed by atoms with Gasteiger partial charge in [0.15, 0.2) is 0 Å². The van der Waals surface area contributed by atoms with Gasteiger partial charge < -0.3 is 5.32 Å². The molecule has 0 atom stereocenters. The van der Waals surface area contributed by atoms with Crippen LogP contribution in [0.2, 0.25) is 0 Å². The number of aryl methyl sites for hydroxylation is 1. The van der Waals surface area contributed by atoms with Crippen LogP contribution in [0.25, 0.3) is 0 Å². The molecule has 2 nitrogen and oxygen atoms in total. The van der Waals surface area contributed by atoms with Crippen LogP contribution in [0.4, 0.5) is 5.82 Å². The molecule has 0 fully saturated rings. The summed E-state index contributed by atoms with van der Waals surface area (Å²) in [5.41, 5.74) is 1.17. The molecule has 0 radical (unpaired) electrons. The summed E-state index contributed by atoms with van der Waals surface area (Å²) in [4.78, 5) is 4.32. The third-order valence-corrected chi connectivity index (χ3v) is 2.60. The zero-order chi connectivity index (χ0) is 10.6. The lowest BCUT2D eigenvalue weighted by Gasteiger charge is -2.09. The van der Waals surface area contributed by atoms with Crippen molar-refractivity contribution < 1.29 is 0 Å². The Morgan fingerprint density at radius 3 is 2.79 bits per heavy atom. The highest BCUT2D eigenvalue weighted by Crippen LogP contribution is 2.20. The second-order valence-electron chi connectivity index (χ2n) is 3.95. The second kappa shape index (κ2) is 5.35. The van der Waals surface area contributed by atoms with Crippen molar-refractivity contribution in [3.05, 3.63) is 22.3 Å². The van der Waals surface area contributed by atoms with Gasteiger partial charge in [-0.1, -0.05) is 13.8 Å². The van der Waals surface area contributed by atoms with Crippen LogP contribution in [0, 0.1) is 12.8 Å². The third kappa shape index (κ3) is 3.66. The van der Waals surface area contributed by atoms with E-state index in [1.807, 2.05) is 13.1 Å². The van der Waals surface area contributed by atoms with E-state index in [1.54, 1.807) is 0 Å². The molecule has 1 aromatic rings. The molecule has 14 heavy (non-hydrogen) atoms. The molecule has 0 aliphatic heterocycles. The lowest BCUT2D eigenvalue weighted by Crippen LogP contribution is -2.06. The largest absolute Gasteiger partial charge is 0.369 e. The van der Waals surface area contributed by atoms with E-state index in [-0.39, 0.29) is 0 Å². The number of aromatic nitrogens is 1. The number of pyridine rings is 1. The molecule has 1 N–H and O–H groups in total. The first-order valence-corrected chi connectivity index (χ1v) is 5.75. The van der Waals surface area contributed by atoms with Crippen LogP contribution in [-0.4, -0.2) is 11.5 Å². The second-order valence-corrected chi connectivity index (χ2v) is 4.81. The molecule has 1 aromatic heterocycles. The summed E-state index contributed by atoms with van der Waals surface area (Å²) in [6.45, 7) is 7.46. The van der Waals surface area contributed by atoms with Crippen molar-refractivity contribution >= 4 is 21.7 Å². The Bertz CT molecular complexity index is 297. The predicted molar refractivity (Wildman–Crippen MR) is 64.6 cm³/mol. The number of anilines is 1. The van der Waals surface area contributed by atoms with Gasteiger partial charge in [0.2, 0.25) is 0 Å². The molecule has 1 heterocycles. The molecule has 0 aromatic carbocycles. The smallest absolute Gasteiger partial charge is 0.140 e. The molecule has 78 valence electrons. The highest BCUT2D eigenvalue weighted by molar-refractivity contribution is 9.10. The Kier molecular flexibility index (Phi) is 4.39. The molecule has 0 aliphatic rings. The molecular formula is C11H17BrN2. The Morgan fingerprint density at radius 2 is 2.21 bits per heavy atom. The summed E-state index contributed by atoms with van der Waals surface area (Å²) in [7, 11) is 0. The first kappa shape index (κ1) is 11.5. The standard InChI is InChI=1S/C11H17BrN2/c1-8(2)4-5-13-11-10(12)6-9(3)7-14-11/h6-8H,4-5H2,1-3H3,(H,13,14). The lowest BCUT2D eigenvalue weighted by molar-refractivity contribution is 0.606. The average molecular weight is 257 g/mol. The average Bonchev–Trinajstić information content (AvgIpc) is 2.08. The van der Waals surface area contributed by atoms with Crippen molar-refractivity contribution in [2.24, 2.45) is 5.92 Å². The van der Waals surface area contributed by atoms with Gasteiger partial charge in [0, 0.05) is 12.7 Å². The summed E-state index contributed by atoms with van der Waals surface area (Å²) in [6, 6.07) is 2.07. The maximum absolute atomic E-state index is 4.32. The number of nitrogens with zero attached hydrogens (tertiary/aromatic N) is 1. The van der Waals surface area contributed by atoms with Crippen molar-refractivity contribution in [1.82, 2.24) is 4.98 Å². The fraction of sp³-hybridized carbons (Fsp3) is 0.545. The van der Waals surface area contributed by atoms with E-state index in [0.29, 0.717) is 0 Å². The van der Waals surface area contributed by atoms with Gasteiger partial charge in [-0.3, -0.25) is 0 Å². The van der Waals surface area contributed by atoms with Crippen LogP contribution in [0.3, 0.4) is 0 Å². The Labute approximate surface area is 94.3 Å². The van der Waals surface area contributed by atoms with E-state index in [4.69, 9.17) is 0 Å². The van der Waals surface area contributed by atoms with E-state index < -0.39 is 0 Å². The van der Waals surface area contributed by atoms with Crippen molar-refractivity contribution in [2.75, 3.05) is 11.9 Å². The van der Waals surface area contributed by atoms with Crippen molar-refractivity contribution in [2.45, 2.75) is 27.2 Å². The van der Waals surface area contributed by atoms with Crippen LogP contribution in [0.1, 0.15) is 25.8 Å². The summed E-state index contributed by atoms with van der Waals surface area (Å²) < 4.78 is 1.04. The molecule has 0 aliphatic carbocycles. The molecule has 3 heteroatoms. The van der Waals surface area contributed by atoms with Gasteiger partial charge in [0.25, 0.3) is 0 Å². The minimum Gasteiger partial charge on any atom is -0.369 e. The Morgan fingerprint density at radius 1 is 1.50 bits per heavy atom. The van der Waals surface area contributed by atoms with Crippen LogP contribution in [-0.2, 0) is 0 Å². The summed E-state index contributed by atoms with van der Waals surface area (Å²) in [5.74, 6) is 1.67. The number of nitrogens with one attached hydrogen (secondary N) is 1.